The van der Waals surface area contributed by atoms with Gasteiger partial charge in [0.1, 0.15) is 5.01 Å². The first kappa shape index (κ1) is 19.0. The van der Waals surface area contributed by atoms with Crippen molar-refractivity contribution in [2.24, 2.45) is 0 Å². The van der Waals surface area contributed by atoms with Crippen LogP contribution in [-0.4, -0.2) is 51.4 Å². The zero-order chi connectivity index (χ0) is 19.6. The van der Waals surface area contributed by atoms with Crippen molar-refractivity contribution >= 4 is 28.1 Å². The molecule has 9 heteroatoms. The SMILES string of the molecule is Clc1ccc(Cc2nnc(N3CCCN(Cc4noc(C5CC5)n4)CC3)s2)cc1. The van der Waals surface area contributed by atoms with E-state index in [4.69, 9.17) is 16.1 Å². The Morgan fingerprint density at radius 3 is 2.76 bits per heavy atom. The molecule has 2 fully saturated rings. The lowest BCUT2D eigenvalue weighted by Gasteiger charge is -2.19. The number of nitrogens with zero attached hydrogens (tertiary/aromatic N) is 6. The van der Waals surface area contributed by atoms with Crippen molar-refractivity contribution in [1.82, 2.24) is 25.2 Å². The molecule has 0 N–H and O–H groups in total. The summed E-state index contributed by atoms with van der Waals surface area (Å²) < 4.78 is 5.39. The van der Waals surface area contributed by atoms with Gasteiger partial charge in [0, 0.05) is 43.5 Å². The third-order valence-electron chi connectivity index (χ3n) is 5.36. The Hall–Kier alpha value is -2.03. The lowest BCUT2D eigenvalue weighted by atomic mass is 10.2. The minimum atomic E-state index is 0.510. The molecule has 0 amide bonds. The standard InChI is InChI=1S/C20H23ClN6OS/c21-16-6-2-14(3-7-16)12-18-23-24-20(29-18)27-9-1-8-26(10-11-27)13-17-22-19(28-25-17)15-4-5-15/h2-3,6-7,15H,1,4-5,8-13H2. The zero-order valence-corrected chi connectivity index (χ0v) is 17.7. The fourth-order valence-electron chi connectivity index (χ4n) is 3.57. The second-order valence-corrected chi connectivity index (χ2v) is 9.20. The molecule has 3 aromatic rings. The normalized spacial score (nSPS) is 18.2. The first-order valence-electron chi connectivity index (χ1n) is 10.1. The van der Waals surface area contributed by atoms with Gasteiger partial charge >= 0.3 is 0 Å². The molecule has 152 valence electrons. The molecule has 1 aliphatic heterocycles. The highest BCUT2D eigenvalue weighted by Crippen LogP contribution is 2.38. The molecule has 0 unspecified atom stereocenters. The lowest BCUT2D eigenvalue weighted by molar-refractivity contribution is 0.271. The largest absolute Gasteiger partial charge is 0.345 e. The predicted octanol–water partition coefficient (Wildman–Crippen LogP) is 3.76. The Balaban J connectivity index is 1.17. The summed E-state index contributed by atoms with van der Waals surface area (Å²) in [6.07, 6.45) is 4.24. The monoisotopic (exact) mass is 430 g/mol. The Labute approximate surface area is 178 Å². The highest BCUT2D eigenvalue weighted by Gasteiger charge is 2.30. The molecule has 7 nitrogen and oxygen atoms in total. The van der Waals surface area contributed by atoms with Crippen LogP contribution in [0, 0.1) is 0 Å². The summed E-state index contributed by atoms with van der Waals surface area (Å²) in [6, 6.07) is 7.92. The van der Waals surface area contributed by atoms with E-state index < -0.39 is 0 Å². The summed E-state index contributed by atoms with van der Waals surface area (Å²) in [5, 5.41) is 15.8. The number of rotatable bonds is 6. The summed E-state index contributed by atoms with van der Waals surface area (Å²) in [7, 11) is 0. The number of anilines is 1. The zero-order valence-electron chi connectivity index (χ0n) is 16.1. The van der Waals surface area contributed by atoms with E-state index in [2.05, 4.69) is 30.1 Å². The first-order chi connectivity index (χ1) is 14.2. The van der Waals surface area contributed by atoms with Gasteiger partial charge in [0.15, 0.2) is 5.82 Å². The van der Waals surface area contributed by atoms with E-state index in [0.29, 0.717) is 5.92 Å². The quantitative estimate of drug-likeness (QED) is 0.589. The number of hydrogen-bond donors (Lipinski definition) is 0. The second kappa shape index (κ2) is 8.38. The fourth-order valence-corrected chi connectivity index (χ4v) is 4.62. The third kappa shape index (κ3) is 4.76. The van der Waals surface area contributed by atoms with Gasteiger partial charge in [-0.1, -0.05) is 40.2 Å². The minimum absolute atomic E-state index is 0.510. The predicted molar refractivity (Wildman–Crippen MR) is 113 cm³/mol. The number of hydrogen-bond acceptors (Lipinski definition) is 8. The van der Waals surface area contributed by atoms with Gasteiger partial charge in [0.05, 0.1) is 6.54 Å². The molecule has 0 bridgehead atoms. The van der Waals surface area contributed by atoms with Gasteiger partial charge in [-0.25, -0.2) is 0 Å². The fraction of sp³-hybridized carbons (Fsp3) is 0.500. The van der Waals surface area contributed by atoms with Crippen LogP contribution in [0.15, 0.2) is 28.8 Å². The Kier molecular flexibility index (Phi) is 5.48. The van der Waals surface area contributed by atoms with E-state index >= 15 is 0 Å². The highest BCUT2D eigenvalue weighted by atomic mass is 35.5. The molecule has 0 spiro atoms. The molecule has 2 aliphatic rings. The lowest BCUT2D eigenvalue weighted by Crippen LogP contribution is -2.30. The van der Waals surface area contributed by atoms with Crippen LogP contribution in [0.2, 0.25) is 5.02 Å². The van der Waals surface area contributed by atoms with E-state index in [0.717, 1.165) is 72.4 Å². The topological polar surface area (TPSA) is 71.2 Å². The minimum Gasteiger partial charge on any atom is -0.345 e. The van der Waals surface area contributed by atoms with Crippen LogP contribution in [0.5, 0.6) is 0 Å². The maximum Gasteiger partial charge on any atom is 0.229 e. The number of aromatic nitrogens is 4. The molecular weight excluding hydrogens is 408 g/mol. The molecule has 0 atom stereocenters. The average Bonchev–Trinajstić information content (AvgIpc) is 3.38. The van der Waals surface area contributed by atoms with Gasteiger partial charge in [-0.2, -0.15) is 4.98 Å². The van der Waals surface area contributed by atoms with Crippen molar-refractivity contribution in [2.45, 2.75) is 38.1 Å². The molecule has 3 heterocycles. The smallest absolute Gasteiger partial charge is 0.229 e. The van der Waals surface area contributed by atoms with E-state index in [-0.39, 0.29) is 0 Å². The van der Waals surface area contributed by atoms with E-state index in [1.54, 1.807) is 11.3 Å². The van der Waals surface area contributed by atoms with Crippen LogP contribution in [-0.2, 0) is 13.0 Å². The highest BCUT2D eigenvalue weighted by molar-refractivity contribution is 7.15. The van der Waals surface area contributed by atoms with Crippen molar-refractivity contribution in [2.75, 3.05) is 31.1 Å². The van der Waals surface area contributed by atoms with Gasteiger partial charge in [-0.15, -0.1) is 10.2 Å². The number of halogens is 1. The van der Waals surface area contributed by atoms with Crippen LogP contribution in [0.4, 0.5) is 5.13 Å². The van der Waals surface area contributed by atoms with Gasteiger partial charge in [0.25, 0.3) is 0 Å². The molecule has 1 aromatic carbocycles. The van der Waals surface area contributed by atoms with Crippen LogP contribution in [0.25, 0.3) is 0 Å². The first-order valence-corrected chi connectivity index (χ1v) is 11.3. The Bertz CT molecular complexity index is 954. The summed E-state index contributed by atoms with van der Waals surface area (Å²) in [6.45, 7) is 4.66. The maximum atomic E-state index is 5.97. The molecular formula is C20H23ClN6OS. The van der Waals surface area contributed by atoms with Gasteiger partial charge < -0.3 is 9.42 Å². The van der Waals surface area contributed by atoms with Gasteiger partial charge in [0.2, 0.25) is 11.0 Å². The van der Waals surface area contributed by atoms with Gasteiger partial charge in [-0.3, -0.25) is 4.90 Å². The summed E-state index contributed by atoms with van der Waals surface area (Å²) >= 11 is 7.65. The van der Waals surface area contributed by atoms with E-state index in [9.17, 15) is 0 Å². The molecule has 29 heavy (non-hydrogen) atoms. The average molecular weight is 431 g/mol. The van der Waals surface area contributed by atoms with Gasteiger partial charge in [-0.05, 0) is 37.0 Å². The van der Waals surface area contributed by atoms with Crippen LogP contribution in [0.1, 0.15) is 47.5 Å². The van der Waals surface area contributed by atoms with Crippen molar-refractivity contribution in [3.8, 4) is 0 Å². The van der Waals surface area contributed by atoms with E-state index in [1.807, 2.05) is 24.3 Å². The Morgan fingerprint density at radius 2 is 1.93 bits per heavy atom. The molecule has 1 aliphatic carbocycles. The summed E-state index contributed by atoms with van der Waals surface area (Å²) in [4.78, 5) is 9.30. The molecule has 1 saturated carbocycles. The van der Waals surface area contributed by atoms with Crippen molar-refractivity contribution in [3.63, 3.8) is 0 Å². The summed E-state index contributed by atoms with van der Waals surface area (Å²) in [5.41, 5.74) is 1.20. The maximum absolute atomic E-state index is 5.97. The molecule has 5 rings (SSSR count). The summed E-state index contributed by atoms with van der Waals surface area (Å²) in [5.74, 6) is 2.13. The van der Waals surface area contributed by atoms with Crippen LogP contribution < -0.4 is 4.90 Å². The van der Waals surface area contributed by atoms with E-state index in [1.165, 1.54) is 18.4 Å². The van der Waals surface area contributed by atoms with Crippen molar-refractivity contribution in [3.05, 3.63) is 51.6 Å². The van der Waals surface area contributed by atoms with Crippen LogP contribution in [0.3, 0.4) is 0 Å². The molecule has 1 saturated heterocycles. The number of benzene rings is 1. The Morgan fingerprint density at radius 1 is 1.07 bits per heavy atom. The second-order valence-electron chi connectivity index (χ2n) is 7.72. The molecule has 2 aromatic heterocycles. The van der Waals surface area contributed by atoms with Crippen molar-refractivity contribution < 1.29 is 4.52 Å². The molecule has 0 radical (unpaired) electrons. The van der Waals surface area contributed by atoms with Crippen molar-refractivity contribution in [1.29, 1.82) is 0 Å². The third-order valence-corrected chi connectivity index (χ3v) is 6.60. The van der Waals surface area contributed by atoms with Crippen LogP contribution >= 0.6 is 22.9 Å².